The molecule has 28 heavy (non-hydrogen) atoms. The molecule has 1 unspecified atom stereocenters. The SMILES string of the molecule is Cc1ccc(NS(=O)(=O)c2cccc(C(=O)NCCC3CCNC3)c2)cc1.Cl. The number of rotatable bonds is 7. The van der Waals surface area contributed by atoms with Crippen LogP contribution in [0.5, 0.6) is 0 Å². The van der Waals surface area contributed by atoms with Crippen molar-refractivity contribution in [1.29, 1.82) is 0 Å². The Morgan fingerprint density at radius 3 is 2.61 bits per heavy atom. The molecule has 1 saturated heterocycles. The van der Waals surface area contributed by atoms with Crippen LogP contribution in [0.1, 0.15) is 28.8 Å². The first-order chi connectivity index (χ1) is 12.9. The van der Waals surface area contributed by atoms with E-state index in [9.17, 15) is 13.2 Å². The quantitative estimate of drug-likeness (QED) is 0.639. The average molecular weight is 424 g/mol. The molecule has 6 nitrogen and oxygen atoms in total. The highest BCUT2D eigenvalue weighted by Gasteiger charge is 2.17. The summed E-state index contributed by atoms with van der Waals surface area (Å²) in [6.45, 7) is 4.55. The summed E-state index contributed by atoms with van der Waals surface area (Å²) in [5.74, 6) is 0.337. The van der Waals surface area contributed by atoms with Gasteiger partial charge in [-0.2, -0.15) is 0 Å². The van der Waals surface area contributed by atoms with Gasteiger partial charge in [-0.3, -0.25) is 9.52 Å². The van der Waals surface area contributed by atoms with Crippen LogP contribution >= 0.6 is 12.4 Å². The fourth-order valence-electron chi connectivity index (χ4n) is 3.09. The molecule has 152 valence electrons. The van der Waals surface area contributed by atoms with E-state index >= 15 is 0 Å². The molecule has 1 amide bonds. The summed E-state index contributed by atoms with van der Waals surface area (Å²) in [5.41, 5.74) is 1.87. The normalized spacial score (nSPS) is 16.2. The molecule has 1 aliphatic rings. The first kappa shape index (κ1) is 22.2. The maximum Gasteiger partial charge on any atom is 0.261 e. The molecular weight excluding hydrogens is 398 g/mol. The predicted octanol–water partition coefficient (Wildman–Crippen LogP) is 2.95. The average Bonchev–Trinajstić information content (AvgIpc) is 3.17. The van der Waals surface area contributed by atoms with E-state index in [0.29, 0.717) is 23.7 Å². The van der Waals surface area contributed by atoms with Crippen molar-refractivity contribution < 1.29 is 13.2 Å². The molecule has 1 heterocycles. The van der Waals surface area contributed by atoms with Crippen molar-refractivity contribution in [2.75, 3.05) is 24.4 Å². The number of amides is 1. The Balaban J connectivity index is 0.00000280. The summed E-state index contributed by atoms with van der Waals surface area (Å²) in [6, 6.07) is 13.2. The van der Waals surface area contributed by atoms with E-state index in [1.807, 2.05) is 19.1 Å². The van der Waals surface area contributed by atoms with Gasteiger partial charge in [0.15, 0.2) is 0 Å². The Hall–Kier alpha value is -2.09. The Labute approximate surface area is 172 Å². The van der Waals surface area contributed by atoms with E-state index in [2.05, 4.69) is 15.4 Å². The molecule has 1 atom stereocenters. The first-order valence-electron chi connectivity index (χ1n) is 9.12. The maximum atomic E-state index is 12.6. The fourth-order valence-corrected chi connectivity index (χ4v) is 4.20. The van der Waals surface area contributed by atoms with E-state index in [-0.39, 0.29) is 23.2 Å². The predicted molar refractivity (Wildman–Crippen MR) is 114 cm³/mol. The summed E-state index contributed by atoms with van der Waals surface area (Å²) in [6.07, 6.45) is 2.06. The third kappa shape index (κ3) is 5.95. The number of carbonyl (C=O) groups excluding carboxylic acids is 1. The smallest absolute Gasteiger partial charge is 0.261 e. The minimum absolute atomic E-state index is 0. The maximum absolute atomic E-state index is 12.6. The minimum atomic E-state index is -3.75. The Bertz CT molecular complexity index is 895. The summed E-state index contributed by atoms with van der Waals surface area (Å²) in [4.78, 5) is 12.4. The summed E-state index contributed by atoms with van der Waals surface area (Å²) >= 11 is 0. The van der Waals surface area contributed by atoms with Gasteiger partial charge in [-0.1, -0.05) is 23.8 Å². The Morgan fingerprint density at radius 2 is 1.93 bits per heavy atom. The molecular formula is C20H26ClN3O3S. The molecule has 2 aromatic carbocycles. The van der Waals surface area contributed by atoms with Crippen molar-refractivity contribution >= 4 is 34.0 Å². The Morgan fingerprint density at radius 1 is 1.18 bits per heavy atom. The van der Waals surface area contributed by atoms with E-state index in [0.717, 1.165) is 31.5 Å². The van der Waals surface area contributed by atoms with Crippen molar-refractivity contribution in [3.63, 3.8) is 0 Å². The molecule has 0 saturated carbocycles. The van der Waals surface area contributed by atoms with Crippen LogP contribution in [0.25, 0.3) is 0 Å². The molecule has 1 aliphatic heterocycles. The largest absolute Gasteiger partial charge is 0.352 e. The van der Waals surface area contributed by atoms with E-state index in [1.54, 1.807) is 24.3 Å². The molecule has 1 fully saturated rings. The summed E-state index contributed by atoms with van der Waals surface area (Å²) in [5, 5.41) is 6.18. The highest BCUT2D eigenvalue weighted by atomic mass is 35.5. The highest BCUT2D eigenvalue weighted by molar-refractivity contribution is 7.92. The number of sulfonamides is 1. The molecule has 8 heteroatoms. The lowest BCUT2D eigenvalue weighted by Crippen LogP contribution is -2.26. The van der Waals surface area contributed by atoms with Crippen molar-refractivity contribution in [3.05, 3.63) is 59.7 Å². The van der Waals surface area contributed by atoms with Crippen LogP contribution in [-0.2, 0) is 10.0 Å². The molecule has 3 rings (SSSR count). The van der Waals surface area contributed by atoms with E-state index < -0.39 is 10.0 Å². The number of aryl methyl sites for hydroxylation is 1. The van der Waals surface area contributed by atoms with Gasteiger partial charge in [0.1, 0.15) is 0 Å². The number of benzene rings is 2. The second-order valence-electron chi connectivity index (χ2n) is 6.90. The van der Waals surface area contributed by atoms with Gasteiger partial charge in [0.25, 0.3) is 15.9 Å². The van der Waals surface area contributed by atoms with Crippen LogP contribution < -0.4 is 15.4 Å². The molecule has 0 bridgehead atoms. The van der Waals surface area contributed by atoms with Crippen LogP contribution in [0.15, 0.2) is 53.4 Å². The molecule has 0 spiro atoms. The van der Waals surface area contributed by atoms with Crippen molar-refractivity contribution in [2.24, 2.45) is 5.92 Å². The van der Waals surface area contributed by atoms with Crippen molar-refractivity contribution in [1.82, 2.24) is 10.6 Å². The first-order valence-corrected chi connectivity index (χ1v) is 10.6. The summed E-state index contributed by atoms with van der Waals surface area (Å²) < 4.78 is 27.7. The monoisotopic (exact) mass is 423 g/mol. The number of nitrogens with one attached hydrogen (secondary N) is 3. The molecule has 0 aliphatic carbocycles. The molecule has 2 aromatic rings. The lowest BCUT2D eigenvalue weighted by atomic mass is 10.1. The van der Waals surface area contributed by atoms with Crippen LogP contribution in [0.2, 0.25) is 0 Å². The molecule has 0 aromatic heterocycles. The lowest BCUT2D eigenvalue weighted by Gasteiger charge is -2.11. The standard InChI is InChI=1S/C20H25N3O3S.ClH/c1-15-5-7-18(8-6-15)23-27(25,26)19-4-2-3-17(13-19)20(24)22-12-10-16-9-11-21-14-16;/h2-8,13,16,21,23H,9-12,14H2,1H3,(H,22,24);1H. The lowest BCUT2D eigenvalue weighted by molar-refractivity contribution is 0.0951. The molecule has 0 radical (unpaired) electrons. The van der Waals surface area contributed by atoms with Crippen molar-refractivity contribution in [3.8, 4) is 0 Å². The number of hydrogen-bond acceptors (Lipinski definition) is 4. The third-order valence-electron chi connectivity index (χ3n) is 4.71. The second-order valence-corrected chi connectivity index (χ2v) is 8.59. The topological polar surface area (TPSA) is 87.3 Å². The van der Waals surface area contributed by atoms with Gasteiger partial charge >= 0.3 is 0 Å². The van der Waals surface area contributed by atoms with Gasteiger partial charge in [-0.25, -0.2) is 8.42 Å². The number of carbonyl (C=O) groups is 1. The van der Waals surface area contributed by atoms with Crippen LogP contribution in [0.3, 0.4) is 0 Å². The second kappa shape index (κ2) is 9.91. The van der Waals surface area contributed by atoms with Crippen LogP contribution in [0, 0.1) is 12.8 Å². The van der Waals surface area contributed by atoms with Gasteiger partial charge in [-0.15, -0.1) is 12.4 Å². The van der Waals surface area contributed by atoms with Gasteiger partial charge in [0.2, 0.25) is 0 Å². The zero-order valence-electron chi connectivity index (χ0n) is 15.8. The van der Waals surface area contributed by atoms with Gasteiger partial charge < -0.3 is 10.6 Å². The Kier molecular flexibility index (Phi) is 7.86. The van der Waals surface area contributed by atoms with Gasteiger partial charge in [0.05, 0.1) is 4.90 Å². The van der Waals surface area contributed by atoms with E-state index in [1.165, 1.54) is 12.1 Å². The van der Waals surface area contributed by atoms with Crippen molar-refractivity contribution in [2.45, 2.75) is 24.7 Å². The van der Waals surface area contributed by atoms with Crippen LogP contribution in [-0.4, -0.2) is 34.0 Å². The summed E-state index contributed by atoms with van der Waals surface area (Å²) in [7, 11) is -3.75. The van der Waals surface area contributed by atoms with E-state index in [4.69, 9.17) is 0 Å². The van der Waals surface area contributed by atoms with Crippen LogP contribution in [0.4, 0.5) is 5.69 Å². The zero-order chi connectivity index (χ0) is 19.3. The number of halogens is 1. The highest BCUT2D eigenvalue weighted by Crippen LogP contribution is 2.18. The van der Waals surface area contributed by atoms with Gasteiger partial charge in [-0.05, 0) is 69.1 Å². The molecule has 3 N–H and O–H groups in total. The zero-order valence-corrected chi connectivity index (χ0v) is 17.4. The minimum Gasteiger partial charge on any atom is -0.352 e. The number of anilines is 1. The van der Waals surface area contributed by atoms with Gasteiger partial charge in [0, 0.05) is 17.8 Å². The fraction of sp³-hybridized carbons (Fsp3) is 0.350. The third-order valence-corrected chi connectivity index (χ3v) is 6.09. The number of hydrogen-bond donors (Lipinski definition) is 3.